The van der Waals surface area contributed by atoms with Crippen LogP contribution in [0.5, 0.6) is 0 Å². The summed E-state index contributed by atoms with van der Waals surface area (Å²) in [5, 5.41) is 0. The molecule has 0 atom stereocenters. The van der Waals surface area contributed by atoms with Gasteiger partial charge in [-0.25, -0.2) is 0 Å². The van der Waals surface area contributed by atoms with Crippen molar-refractivity contribution >= 4 is 17.7 Å². The van der Waals surface area contributed by atoms with E-state index in [1.807, 2.05) is 0 Å². The molecule has 0 aliphatic heterocycles. The molecule has 0 aliphatic carbocycles. The van der Waals surface area contributed by atoms with Gasteiger partial charge in [0.2, 0.25) is 0 Å². The molecule has 0 aromatic heterocycles. The van der Waals surface area contributed by atoms with Gasteiger partial charge in [0.05, 0.1) is 0 Å². The van der Waals surface area contributed by atoms with E-state index in [4.69, 9.17) is 11.8 Å². The van der Waals surface area contributed by atoms with Gasteiger partial charge in [0.25, 0.3) is 5.91 Å². The highest BCUT2D eigenvalue weighted by molar-refractivity contribution is 6.23. The van der Waals surface area contributed by atoms with E-state index >= 15 is 0 Å². The van der Waals surface area contributed by atoms with Crippen LogP contribution in [0.3, 0.4) is 0 Å². The molecule has 3 heteroatoms. The average molecular weight is 169 g/mol. The number of carbonyl (C=O) groups excluding carboxylic acids is 1. The van der Waals surface area contributed by atoms with Gasteiger partial charge in [0.1, 0.15) is 0 Å². The molecule has 1 rings (SSSR count). The van der Waals surface area contributed by atoms with E-state index in [-0.39, 0.29) is 5.91 Å². The SMILES string of the molecule is CN(Cl)C(=O)c1cc[c]cc1. The van der Waals surface area contributed by atoms with Crippen LogP contribution in [0, 0.1) is 6.07 Å². The maximum absolute atomic E-state index is 11.1. The highest BCUT2D eigenvalue weighted by atomic mass is 35.5. The molecular weight excluding hydrogens is 162 g/mol. The van der Waals surface area contributed by atoms with Crippen molar-refractivity contribution < 1.29 is 4.79 Å². The third-order valence-electron chi connectivity index (χ3n) is 1.25. The molecule has 0 spiro atoms. The van der Waals surface area contributed by atoms with Gasteiger partial charge in [-0.1, -0.05) is 12.1 Å². The highest BCUT2D eigenvalue weighted by Crippen LogP contribution is 2.03. The summed E-state index contributed by atoms with van der Waals surface area (Å²) in [7, 11) is 1.50. The summed E-state index contributed by atoms with van der Waals surface area (Å²) in [6.45, 7) is 0. The number of rotatable bonds is 1. The van der Waals surface area contributed by atoms with Crippen LogP contribution in [-0.4, -0.2) is 17.4 Å². The minimum atomic E-state index is -0.208. The molecule has 2 nitrogen and oxygen atoms in total. The van der Waals surface area contributed by atoms with E-state index in [0.29, 0.717) is 5.56 Å². The predicted molar refractivity (Wildman–Crippen MR) is 43.2 cm³/mol. The van der Waals surface area contributed by atoms with Crippen LogP contribution < -0.4 is 0 Å². The first-order chi connectivity index (χ1) is 5.22. The zero-order valence-corrected chi connectivity index (χ0v) is 6.80. The van der Waals surface area contributed by atoms with Crippen molar-refractivity contribution in [3.8, 4) is 0 Å². The molecule has 0 heterocycles. The normalized spacial score (nSPS) is 9.27. The first kappa shape index (κ1) is 8.08. The van der Waals surface area contributed by atoms with E-state index in [1.54, 1.807) is 24.3 Å². The monoisotopic (exact) mass is 168 g/mol. The van der Waals surface area contributed by atoms with Crippen molar-refractivity contribution in [3.63, 3.8) is 0 Å². The summed E-state index contributed by atoms with van der Waals surface area (Å²) >= 11 is 5.44. The summed E-state index contributed by atoms with van der Waals surface area (Å²) in [5.74, 6) is -0.208. The molecule has 0 unspecified atom stereocenters. The van der Waals surface area contributed by atoms with Gasteiger partial charge in [-0.3, -0.25) is 9.21 Å². The molecule has 1 radical (unpaired) electrons. The van der Waals surface area contributed by atoms with E-state index < -0.39 is 0 Å². The number of amides is 1. The quantitative estimate of drug-likeness (QED) is 0.585. The lowest BCUT2D eigenvalue weighted by molar-refractivity contribution is 0.0885. The number of hydrogen-bond donors (Lipinski definition) is 0. The summed E-state index contributed by atoms with van der Waals surface area (Å²) in [6, 6.07) is 9.50. The Morgan fingerprint density at radius 3 is 2.55 bits per heavy atom. The van der Waals surface area contributed by atoms with E-state index in [9.17, 15) is 4.79 Å². The second kappa shape index (κ2) is 3.39. The maximum Gasteiger partial charge on any atom is 0.267 e. The lowest BCUT2D eigenvalue weighted by atomic mass is 10.2. The topological polar surface area (TPSA) is 20.3 Å². The van der Waals surface area contributed by atoms with Gasteiger partial charge in [-0.15, -0.1) is 0 Å². The third-order valence-corrected chi connectivity index (χ3v) is 1.40. The number of benzene rings is 1. The molecule has 0 saturated carbocycles. The molecule has 57 valence electrons. The molecule has 0 N–H and O–H groups in total. The molecule has 0 fully saturated rings. The lowest BCUT2D eigenvalue weighted by Gasteiger charge is -2.05. The molecule has 1 aromatic rings. The largest absolute Gasteiger partial charge is 0.268 e. The minimum Gasteiger partial charge on any atom is -0.268 e. The first-order valence-electron chi connectivity index (χ1n) is 3.12. The Bertz CT molecular complexity index is 246. The fourth-order valence-corrected chi connectivity index (χ4v) is 0.805. The molecule has 0 bridgehead atoms. The van der Waals surface area contributed by atoms with Gasteiger partial charge >= 0.3 is 0 Å². The van der Waals surface area contributed by atoms with Crippen LogP contribution in [0.4, 0.5) is 0 Å². The Labute approximate surface area is 70.5 Å². The number of halogens is 1. The molecule has 1 amide bonds. The lowest BCUT2D eigenvalue weighted by Crippen LogP contribution is -2.15. The van der Waals surface area contributed by atoms with E-state index in [0.717, 1.165) is 4.42 Å². The van der Waals surface area contributed by atoms with Crippen LogP contribution in [0.2, 0.25) is 0 Å². The second-order valence-electron chi connectivity index (χ2n) is 2.07. The van der Waals surface area contributed by atoms with Gasteiger partial charge in [-0.2, -0.15) is 0 Å². The number of carbonyl (C=O) groups is 1. The number of hydrogen-bond acceptors (Lipinski definition) is 1. The molecule has 1 aromatic carbocycles. The second-order valence-corrected chi connectivity index (χ2v) is 2.58. The summed E-state index contributed by atoms with van der Waals surface area (Å²) < 4.78 is 1.02. The van der Waals surface area contributed by atoms with Crippen molar-refractivity contribution in [1.29, 1.82) is 0 Å². The molecule has 0 saturated heterocycles. The van der Waals surface area contributed by atoms with Gasteiger partial charge in [0, 0.05) is 24.4 Å². The van der Waals surface area contributed by atoms with Gasteiger partial charge in [-0.05, 0) is 18.2 Å². The summed E-state index contributed by atoms with van der Waals surface area (Å²) in [6.07, 6.45) is 0. The van der Waals surface area contributed by atoms with Crippen LogP contribution in [0.1, 0.15) is 10.4 Å². The van der Waals surface area contributed by atoms with E-state index in [1.165, 1.54) is 7.05 Å². The number of nitrogens with zero attached hydrogens (tertiary/aromatic N) is 1. The van der Waals surface area contributed by atoms with Crippen LogP contribution in [-0.2, 0) is 0 Å². The molecular formula is C8H7ClNO. The van der Waals surface area contributed by atoms with Crippen molar-refractivity contribution in [1.82, 2.24) is 4.42 Å². The Morgan fingerprint density at radius 1 is 1.55 bits per heavy atom. The zero-order chi connectivity index (χ0) is 8.27. The molecule has 0 aliphatic rings. The van der Waals surface area contributed by atoms with Gasteiger partial charge in [0.15, 0.2) is 0 Å². The van der Waals surface area contributed by atoms with Crippen LogP contribution in [0.25, 0.3) is 0 Å². The van der Waals surface area contributed by atoms with Crippen molar-refractivity contribution in [2.75, 3.05) is 7.05 Å². The Hall–Kier alpha value is -1.02. The van der Waals surface area contributed by atoms with Crippen molar-refractivity contribution in [2.24, 2.45) is 0 Å². The third kappa shape index (κ3) is 1.95. The van der Waals surface area contributed by atoms with Crippen LogP contribution in [0.15, 0.2) is 24.3 Å². The minimum absolute atomic E-state index is 0.208. The average Bonchev–Trinajstić information content (AvgIpc) is 2.05. The van der Waals surface area contributed by atoms with Crippen molar-refractivity contribution in [2.45, 2.75) is 0 Å². The Kier molecular flexibility index (Phi) is 2.49. The van der Waals surface area contributed by atoms with Gasteiger partial charge < -0.3 is 0 Å². The summed E-state index contributed by atoms with van der Waals surface area (Å²) in [4.78, 5) is 11.1. The summed E-state index contributed by atoms with van der Waals surface area (Å²) in [5.41, 5.74) is 0.571. The smallest absolute Gasteiger partial charge is 0.267 e. The fourth-order valence-electron chi connectivity index (χ4n) is 0.707. The molecule has 11 heavy (non-hydrogen) atoms. The highest BCUT2D eigenvalue weighted by Gasteiger charge is 2.06. The maximum atomic E-state index is 11.1. The Morgan fingerprint density at radius 2 is 2.09 bits per heavy atom. The standard InChI is InChI=1S/C8H7ClNO/c1-10(9)8(11)7-5-3-2-4-6-7/h3-6H,1H3. The first-order valence-corrected chi connectivity index (χ1v) is 3.45. The zero-order valence-electron chi connectivity index (χ0n) is 6.04. The van der Waals surface area contributed by atoms with Crippen LogP contribution >= 0.6 is 11.8 Å². The van der Waals surface area contributed by atoms with E-state index in [2.05, 4.69) is 6.07 Å². The Balaban J connectivity index is 2.86. The fraction of sp³-hybridized carbons (Fsp3) is 0.125. The van der Waals surface area contributed by atoms with Crippen molar-refractivity contribution in [3.05, 3.63) is 35.9 Å². The predicted octanol–water partition coefficient (Wildman–Crippen LogP) is 1.71.